The lowest BCUT2D eigenvalue weighted by atomic mass is 10.1. The summed E-state index contributed by atoms with van der Waals surface area (Å²) in [5, 5.41) is 10.0. The normalized spacial score (nSPS) is 11.7. The number of aryl methyl sites for hydroxylation is 2. The highest BCUT2D eigenvalue weighted by molar-refractivity contribution is 7.20. The van der Waals surface area contributed by atoms with Gasteiger partial charge in [-0.1, -0.05) is 47.7 Å². The van der Waals surface area contributed by atoms with Gasteiger partial charge in [-0.25, -0.2) is 9.97 Å². The molecule has 2 aromatic carbocycles. The van der Waals surface area contributed by atoms with Gasteiger partial charge in [-0.05, 0) is 24.6 Å². The van der Waals surface area contributed by atoms with Crippen molar-refractivity contribution in [2.24, 2.45) is 7.05 Å². The number of aliphatic hydroxyl groups is 1. The number of hydrogen-bond acceptors (Lipinski definition) is 4. The van der Waals surface area contributed by atoms with Gasteiger partial charge < -0.3 is 9.67 Å². The van der Waals surface area contributed by atoms with E-state index >= 15 is 0 Å². The van der Waals surface area contributed by atoms with Crippen LogP contribution in [0.4, 0.5) is 0 Å². The van der Waals surface area contributed by atoms with Crippen LogP contribution in [0.1, 0.15) is 11.5 Å². The van der Waals surface area contributed by atoms with Gasteiger partial charge >= 0.3 is 0 Å². The highest BCUT2D eigenvalue weighted by atomic mass is 32.1. The third kappa shape index (κ3) is 2.49. The minimum Gasteiger partial charge on any atom is -0.390 e. The van der Waals surface area contributed by atoms with Crippen molar-refractivity contribution in [3.63, 3.8) is 0 Å². The molecular weight excluding hydrogens is 356 g/mol. The second-order valence-corrected chi connectivity index (χ2v) is 7.61. The van der Waals surface area contributed by atoms with Gasteiger partial charge in [0.1, 0.15) is 5.82 Å². The zero-order valence-electron chi connectivity index (χ0n) is 15.0. The highest BCUT2D eigenvalue weighted by Gasteiger charge is 2.17. The van der Waals surface area contributed by atoms with Crippen LogP contribution in [0, 0.1) is 6.92 Å². The molecule has 5 aromatic rings. The number of nitrogens with zero attached hydrogens (tertiary/aromatic N) is 4. The Bertz CT molecular complexity index is 1280. The Morgan fingerprint density at radius 2 is 1.85 bits per heavy atom. The first-order valence-electron chi connectivity index (χ1n) is 8.76. The molecule has 0 spiro atoms. The zero-order valence-corrected chi connectivity index (χ0v) is 15.9. The molecule has 0 unspecified atom stereocenters. The maximum Gasteiger partial charge on any atom is 0.195 e. The molecule has 6 heteroatoms. The van der Waals surface area contributed by atoms with Gasteiger partial charge in [-0.15, -0.1) is 0 Å². The quantitative estimate of drug-likeness (QED) is 0.509. The molecule has 0 saturated carbocycles. The Hall–Kier alpha value is -2.96. The van der Waals surface area contributed by atoms with Crippen molar-refractivity contribution in [3.8, 4) is 21.7 Å². The molecule has 5 rings (SSSR count). The first kappa shape index (κ1) is 16.2. The van der Waals surface area contributed by atoms with Crippen LogP contribution in [0.15, 0.2) is 54.7 Å². The van der Waals surface area contributed by atoms with Crippen molar-refractivity contribution in [2.75, 3.05) is 0 Å². The molecule has 0 atom stereocenters. The molecule has 3 aromatic heterocycles. The lowest BCUT2D eigenvalue weighted by Gasteiger charge is -2.03. The van der Waals surface area contributed by atoms with Crippen LogP contribution in [0.3, 0.4) is 0 Å². The second kappa shape index (κ2) is 6.04. The largest absolute Gasteiger partial charge is 0.390 e. The van der Waals surface area contributed by atoms with Crippen LogP contribution in [-0.4, -0.2) is 24.0 Å². The molecule has 0 fully saturated rings. The number of hydrogen-bond donors (Lipinski definition) is 1. The molecule has 0 radical (unpaired) electrons. The van der Waals surface area contributed by atoms with E-state index in [2.05, 4.69) is 33.9 Å². The fourth-order valence-electron chi connectivity index (χ4n) is 3.48. The SMILES string of the molecule is Cc1nc2cc(-c3nc4sc(-c5ccccc5)cn4c3CO)ccc2n1C. The summed E-state index contributed by atoms with van der Waals surface area (Å²) in [4.78, 5) is 11.5. The number of aliphatic hydroxyl groups excluding tert-OH is 1. The fraction of sp³-hybridized carbons (Fsp3) is 0.143. The molecule has 0 aliphatic heterocycles. The Balaban J connectivity index is 1.66. The fourth-order valence-corrected chi connectivity index (χ4v) is 4.48. The van der Waals surface area contributed by atoms with E-state index in [1.54, 1.807) is 11.3 Å². The van der Waals surface area contributed by atoms with Gasteiger partial charge in [0.2, 0.25) is 0 Å². The van der Waals surface area contributed by atoms with E-state index in [4.69, 9.17) is 4.98 Å². The van der Waals surface area contributed by atoms with Gasteiger partial charge in [0, 0.05) is 18.8 Å². The van der Waals surface area contributed by atoms with E-state index in [-0.39, 0.29) is 6.61 Å². The van der Waals surface area contributed by atoms with E-state index in [0.717, 1.165) is 49.2 Å². The number of fused-ring (bicyclic) bond motifs is 2. The van der Waals surface area contributed by atoms with Crippen molar-refractivity contribution < 1.29 is 5.11 Å². The smallest absolute Gasteiger partial charge is 0.195 e. The van der Waals surface area contributed by atoms with Crippen molar-refractivity contribution in [1.82, 2.24) is 18.9 Å². The Morgan fingerprint density at radius 3 is 2.63 bits per heavy atom. The summed E-state index contributed by atoms with van der Waals surface area (Å²) in [7, 11) is 2.02. The van der Waals surface area contributed by atoms with E-state index in [1.165, 1.54) is 0 Å². The van der Waals surface area contributed by atoms with E-state index < -0.39 is 0 Å². The molecule has 3 heterocycles. The van der Waals surface area contributed by atoms with Gasteiger partial charge in [0.15, 0.2) is 4.96 Å². The van der Waals surface area contributed by atoms with Gasteiger partial charge in [-0.2, -0.15) is 0 Å². The summed E-state index contributed by atoms with van der Waals surface area (Å²) < 4.78 is 4.07. The number of aromatic nitrogens is 4. The van der Waals surface area contributed by atoms with Crippen molar-refractivity contribution in [3.05, 3.63) is 66.2 Å². The molecule has 0 aliphatic rings. The van der Waals surface area contributed by atoms with Crippen LogP contribution < -0.4 is 0 Å². The predicted molar refractivity (Wildman–Crippen MR) is 109 cm³/mol. The Labute approximate surface area is 160 Å². The van der Waals surface area contributed by atoms with E-state index in [0.29, 0.717) is 0 Å². The topological polar surface area (TPSA) is 55.4 Å². The Morgan fingerprint density at radius 1 is 1.04 bits per heavy atom. The number of rotatable bonds is 3. The summed E-state index contributed by atoms with van der Waals surface area (Å²) in [5.74, 6) is 0.975. The average Bonchev–Trinajstić information content (AvgIpc) is 3.33. The third-order valence-electron chi connectivity index (χ3n) is 5.01. The summed E-state index contributed by atoms with van der Waals surface area (Å²) in [6.45, 7) is 1.93. The van der Waals surface area contributed by atoms with Crippen LogP contribution in [0.25, 0.3) is 37.7 Å². The lowest BCUT2D eigenvalue weighted by molar-refractivity contribution is 0.276. The Kier molecular flexibility index (Phi) is 3.63. The first-order valence-corrected chi connectivity index (χ1v) is 9.58. The van der Waals surface area contributed by atoms with Crippen molar-refractivity contribution >= 4 is 27.3 Å². The minimum absolute atomic E-state index is 0.0687. The molecular formula is C21H18N4OS. The van der Waals surface area contributed by atoms with Gasteiger partial charge in [0.05, 0.1) is 33.9 Å². The first-order chi connectivity index (χ1) is 13.2. The molecule has 0 bridgehead atoms. The highest BCUT2D eigenvalue weighted by Crippen LogP contribution is 2.34. The number of imidazole rings is 2. The molecule has 134 valence electrons. The number of benzene rings is 2. The molecule has 0 saturated heterocycles. The standard InChI is InChI=1S/C21H18N4OS/c1-13-22-16-10-15(8-9-17(16)24(13)2)20-18(12-26)25-11-19(27-21(25)23-20)14-6-4-3-5-7-14/h3-11,26H,12H2,1-2H3. The third-order valence-corrected chi connectivity index (χ3v) is 6.04. The summed E-state index contributed by atoms with van der Waals surface area (Å²) >= 11 is 1.63. The number of thiazole rings is 1. The molecule has 5 nitrogen and oxygen atoms in total. The summed E-state index contributed by atoms with van der Waals surface area (Å²) in [6, 6.07) is 16.4. The van der Waals surface area contributed by atoms with Gasteiger partial charge in [0.25, 0.3) is 0 Å². The zero-order chi connectivity index (χ0) is 18.5. The molecule has 27 heavy (non-hydrogen) atoms. The predicted octanol–water partition coefficient (Wildman–Crippen LogP) is 4.42. The average molecular weight is 374 g/mol. The van der Waals surface area contributed by atoms with Crippen molar-refractivity contribution in [2.45, 2.75) is 13.5 Å². The maximum absolute atomic E-state index is 10.0. The summed E-state index contributed by atoms with van der Waals surface area (Å²) in [6.07, 6.45) is 2.06. The van der Waals surface area contributed by atoms with E-state index in [1.807, 2.05) is 48.7 Å². The van der Waals surface area contributed by atoms with Gasteiger partial charge in [-0.3, -0.25) is 4.40 Å². The minimum atomic E-state index is -0.0687. The molecule has 1 N–H and O–H groups in total. The van der Waals surface area contributed by atoms with Crippen LogP contribution in [-0.2, 0) is 13.7 Å². The lowest BCUT2D eigenvalue weighted by Crippen LogP contribution is -1.93. The molecule has 0 amide bonds. The van der Waals surface area contributed by atoms with Crippen LogP contribution in [0.2, 0.25) is 0 Å². The van der Waals surface area contributed by atoms with Crippen LogP contribution in [0.5, 0.6) is 0 Å². The second-order valence-electron chi connectivity index (χ2n) is 6.60. The molecule has 0 aliphatic carbocycles. The van der Waals surface area contributed by atoms with E-state index in [9.17, 15) is 5.11 Å². The maximum atomic E-state index is 10.0. The monoisotopic (exact) mass is 374 g/mol. The summed E-state index contributed by atoms with van der Waals surface area (Å²) in [5.41, 5.74) is 5.78. The van der Waals surface area contributed by atoms with Crippen LogP contribution >= 0.6 is 11.3 Å². The van der Waals surface area contributed by atoms with Crippen molar-refractivity contribution in [1.29, 1.82) is 0 Å².